The smallest absolute Gasteiger partial charge is 0.178 e. The van der Waals surface area contributed by atoms with Crippen LogP contribution in [-0.4, -0.2) is 9.55 Å². The second kappa shape index (κ2) is 3.94. The van der Waals surface area contributed by atoms with Gasteiger partial charge in [0, 0.05) is 4.48 Å². The maximum absolute atomic E-state index is 5.26. The minimum Gasteiger partial charge on any atom is -0.331 e. The number of hydrogen-bond acceptors (Lipinski definition) is 1. The lowest BCUT2D eigenvalue weighted by Gasteiger charge is -2.02. The highest BCUT2D eigenvalue weighted by molar-refractivity contribution is 9.11. The first-order valence-corrected chi connectivity index (χ1v) is 5.80. The van der Waals surface area contributed by atoms with Crippen molar-refractivity contribution in [3.8, 4) is 0 Å². The molecule has 2 aromatic rings. The first kappa shape index (κ1) is 10.6. The first-order valence-electron chi connectivity index (χ1n) is 4.60. The van der Waals surface area contributed by atoms with E-state index in [1.54, 1.807) is 0 Å². The largest absolute Gasteiger partial charge is 0.331 e. The molecule has 4 heteroatoms. The molecule has 0 bridgehead atoms. The van der Waals surface area contributed by atoms with Gasteiger partial charge in [-0.3, -0.25) is 0 Å². The number of allylic oxidation sites excluding steroid dienone is 1. The van der Waals surface area contributed by atoms with Crippen LogP contribution in [0.3, 0.4) is 0 Å². The summed E-state index contributed by atoms with van der Waals surface area (Å²) in [6.07, 6.45) is 0. The molecule has 0 atom stereocenters. The topological polar surface area (TPSA) is 20.7 Å². The lowest BCUT2D eigenvalue weighted by Crippen LogP contribution is -1.96. The Kier molecular flexibility index (Phi) is 2.80. The van der Waals surface area contributed by atoms with Crippen molar-refractivity contribution >= 4 is 39.2 Å². The minimum atomic E-state index is 0.697. The quantitative estimate of drug-likeness (QED) is 0.828. The number of halogens is 1. The molecule has 1 heterocycles. The van der Waals surface area contributed by atoms with Crippen LogP contribution in [0, 0.1) is 11.7 Å². The second-order valence-electron chi connectivity index (χ2n) is 3.55. The highest BCUT2D eigenvalue weighted by Gasteiger charge is 2.04. The molecule has 1 N–H and O–H groups in total. The molecule has 0 radical (unpaired) electrons. The summed E-state index contributed by atoms with van der Waals surface area (Å²) in [6.45, 7) is 6.60. The van der Waals surface area contributed by atoms with Gasteiger partial charge >= 0.3 is 0 Å². The van der Waals surface area contributed by atoms with Crippen LogP contribution < -0.4 is 0 Å². The van der Waals surface area contributed by atoms with E-state index in [1.807, 2.05) is 10.6 Å². The monoisotopic (exact) mass is 282 g/mol. The van der Waals surface area contributed by atoms with E-state index >= 15 is 0 Å². The van der Waals surface area contributed by atoms with E-state index < -0.39 is 0 Å². The number of aromatic nitrogens is 2. The van der Waals surface area contributed by atoms with Crippen LogP contribution in [0.2, 0.25) is 0 Å². The summed E-state index contributed by atoms with van der Waals surface area (Å²) in [7, 11) is 0. The van der Waals surface area contributed by atoms with E-state index in [2.05, 4.69) is 46.5 Å². The maximum Gasteiger partial charge on any atom is 0.178 e. The molecule has 0 amide bonds. The molecule has 0 saturated heterocycles. The summed E-state index contributed by atoms with van der Waals surface area (Å²) < 4.78 is 3.69. The van der Waals surface area contributed by atoms with E-state index in [-0.39, 0.29) is 0 Å². The van der Waals surface area contributed by atoms with Gasteiger partial charge in [-0.25, -0.2) is 0 Å². The number of aryl methyl sites for hydroxylation is 1. The number of H-pyrrole nitrogens is 1. The average molecular weight is 283 g/mol. The number of benzene rings is 1. The van der Waals surface area contributed by atoms with Crippen molar-refractivity contribution in [2.24, 2.45) is 0 Å². The second-order valence-corrected chi connectivity index (χ2v) is 5.06. The Labute approximate surface area is 102 Å². The standard InChI is InChI=1S/C11H11BrN2S/c1-7-3-4-9-10(5-7)14(6-8(2)12)11(15)13-9/h3-5H,2,6H2,1H3,(H,13,15). The Morgan fingerprint density at radius 2 is 2.33 bits per heavy atom. The molecule has 15 heavy (non-hydrogen) atoms. The lowest BCUT2D eigenvalue weighted by molar-refractivity contribution is 0.829. The van der Waals surface area contributed by atoms with Gasteiger partial charge in [0.05, 0.1) is 17.6 Å². The zero-order chi connectivity index (χ0) is 11.0. The first-order chi connectivity index (χ1) is 7.08. The molecule has 2 nitrogen and oxygen atoms in total. The number of nitrogens with zero attached hydrogens (tertiary/aromatic N) is 1. The van der Waals surface area contributed by atoms with E-state index in [9.17, 15) is 0 Å². The van der Waals surface area contributed by atoms with Crippen LogP contribution in [0.15, 0.2) is 29.3 Å². The van der Waals surface area contributed by atoms with Crippen LogP contribution in [0.4, 0.5) is 0 Å². The predicted octanol–water partition coefficient (Wildman–Crippen LogP) is 3.92. The van der Waals surface area contributed by atoms with E-state index in [4.69, 9.17) is 12.2 Å². The molecule has 0 unspecified atom stereocenters. The van der Waals surface area contributed by atoms with Gasteiger partial charge in [0.15, 0.2) is 4.77 Å². The number of hydrogen-bond donors (Lipinski definition) is 1. The molecule has 0 spiro atoms. The SMILES string of the molecule is C=C(Br)Cn1c(=S)[nH]c2ccc(C)cc21. The Morgan fingerprint density at radius 3 is 3.00 bits per heavy atom. The molecule has 1 aromatic heterocycles. The van der Waals surface area contributed by atoms with Gasteiger partial charge in [-0.15, -0.1) is 0 Å². The number of aromatic amines is 1. The van der Waals surface area contributed by atoms with Gasteiger partial charge in [0.1, 0.15) is 0 Å². The van der Waals surface area contributed by atoms with E-state index in [1.165, 1.54) is 5.56 Å². The third kappa shape index (κ3) is 2.06. The highest BCUT2D eigenvalue weighted by atomic mass is 79.9. The zero-order valence-corrected chi connectivity index (χ0v) is 10.8. The normalized spacial score (nSPS) is 10.8. The molecule has 0 fully saturated rings. The van der Waals surface area contributed by atoms with Crippen LogP contribution in [0.25, 0.3) is 11.0 Å². The van der Waals surface area contributed by atoms with Crippen molar-refractivity contribution in [1.82, 2.24) is 9.55 Å². The van der Waals surface area contributed by atoms with Crippen molar-refractivity contribution < 1.29 is 0 Å². The van der Waals surface area contributed by atoms with Crippen molar-refractivity contribution in [3.63, 3.8) is 0 Å². The molecular weight excluding hydrogens is 272 g/mol. The van der Waals surface area contributed by atoms with Gasteiger partial charge in [0.25, 0.3) is 0 Å². The van der Waals surface area contributed by atoms with Gasteiger partial charge < -0.3 is 9.55 Å². The summed E-state index contributed by atoms with van der Waals surface area (Å²) in [5.74, 6) is 0. The molecule has 2 rings (SSSR count). The van der Waals surface area contributed by atoms with Gasteiger partial charge in [0.2, 0.25) is 0 Å². The van der Waals surface area contributed by atoms with Crippen molar-refractivity contribution in [3.05, 3.63) is 39.6 Å². The molecule has 0 aliphatic carbocycles. The molecule has 1 aromatic carbocycles. The molecule has 78 valence electrons. The van der Waals surface area contributed by atoms with Gasteiger partial charge in [-0.05, 0) is 36.8 Å². The summed E-state index contributed by atoms with van der Waals surface area (Å²) >= 11 is 8.62. The fourth-order valence-corrected chi connectivity index (χ4v) is 2.11. The predicted molar refractivity (Wildman–Crippen MR) is 69.9 cm³/mol. The van der Waals surface area contributed by atoms with Gasteiger partial charge in [-0.1, -0.05) is 28.6 Å². The average Bonchev–Trinajstić information content (AvgIpc) is 2.43. The Balaban J connectivity index is 2.70. The summed E-state index contributed by atoms with van der Waals surface area (Å²) in [4.78, 5) is 3.18. The van der Waals surface area contributed by atoms with E-state index in [0.717, 1.165) is 20.3 Å². The van der Waals surface area contributed by atoms with Crippen LogP contribution in [0.1, 0.15) is 5.56 Å². The Hall–Kier alpha value is -0.870. The fraction of sp³-hybridized carbons (Fsp3) is 0.182. The van der Waals surface area contributed by atoms with Crippen LogP contribution >= 0.6 is 28.1 Å². The van der Waals surface area contributed by atoms with Crippen molar-refractivity contribution in [1.29, 1.82) is 0 Å². The Morgan fingerprint density at radius 1 is 1.60 bits per heavy atom. The molecule has 0 aliphatic rings. The highest BCUT2D eigenvalue weighted by Crippen LogP contribution is 2.18. The number of rotatable bonds is 2. The number of fused-ring (bicyclic) bond motifs is 1. The molecular formula is C11H11BrN2S. The van der Waals surface area contributed by atoms with Crippen LogP contribution in [-0.2, 0) is 6.54 Å². The third-order valence-electron chi connectivity index (χ3n) is 2.26. The maximum atomic E-state index is 5.26. The minimum absolute atomic E-state index is 0.697. The number of nitrogens with one attached hydrogen (secondary N) is 1. The van der Waals surface area contributed by atoms with Crippen molar-refractivity contribution in [2.75, 3.05) is 0 Å². The van der Waals surface area contributed by atoms with E-state index in [0.29, 0.717) is 6.54 Å². The zero-order valence-electron chi connectivity index (χ0n) is 8.38. The van der Waals surface area contributed by atoms with Crippen LogP contribution in [0.5, 0.6) is 0 Å². The third-order valence-corrected chi connectivity index (χ3v) is 2.83. The van der Waals surface area contributed by atoms with Gasteiger partial charge in [-0.2, -0.15) is 0 Å². The summed E-state index contributed by atoms with van der Waals surface area (Å²) in [6, 6.07) is 6.24. The number of imidazole rings is 1. The molecule has 0 saturated carbocycles. The summed E-state index contributed by atoms with van der Waals surface area (Å²) in [5, 5.41) is 0. The van der Waals surface area contributed by atoms with Crippen molar-refractivity contribution in [2.45, 2.75) is 13.5 Å². The molecule has 0 aliphatic heterocycles. The summed E-state index contributed by atoms with van der Waals surface area (Å²) in [5.41, 5.74) is 3.42. The fourth-order valence-electron chi connectivity index (χ4n) is 1.59. The lowest BCUT2D eigenvalue weighted by atomic mass is 10.2. The Bertz CT molecular complexity index is 580.